The number of hydrogen-bond acceptors (Lipinski definition) is 4. The Hall–Kier alpha value is -1.62. The van der Waals surface area contributed by atoms with Crippen molar-refractivity contribution in [3.63, 3.8) is 0 Å². The second-order valence-corrected chi connectivity index (χ2v) is 4.68. The van der Waals surface area contributed by atoms with Gasteiger partial charge in [-0.15, -0.1) is 0 Å². The summed E-state index contributed by atoms with van der Waals surface area (Å²) in [4.78, 5) is 15.8. The Morgan fingerprint density at radius 2 is 2.22 bits per heavy atom. The van der Waals surface area contributed by atoms with Crippen LogP contribution in [0.4, 0.5) is 0 Å². The number of rotatable bonds is 3. The highest BCUT2D eigenvalue weighted by Crippen LogP contribution is 2.24. The topological polar surface area (TPSA) is 82.5 Å². The largest absolute Gasteiger partial charge is 0.505 e. The first-order valence-corrected chi connectivity index (χ1v) is 6.28. The highest BCUT2D eigenvalue weighted by atomic mass is 16.3. The van der Waals surface area contributed by atoms with Gasteiger partial charge in [0.2, 0.25) is 0 Å². The van der Waals surface area contributed by atoms with Crippen LogP contribution < -0.4 is 5.32 Å². The molecule has 0 saturated heterocycles. The molecule has 1 fully saturated rings. The van der Waals surface area contributed by atoms with E-state index in [1.165, 1.54) is 12.3 Å². The number of aromatic nitrogens is 1. The van der Waals surface area contributed by atoms with Crippen molar-refractivity contribution in [2.75, 3.05) is 6.61 Å². The molecule has 0 radical (unpaired) electrons. The van der Waals surface area contributed by atoms with Crippen LogP contribution in [0.3, 0.4) is 0 Å². The lowest BCUT2D eigenvalue weighted by Crippen LogP contribution is -2.43. The van der Waals surface area contributed by atoms with Crippen LogP contribution in [-0.2, 0) is 0 Å². The Bertz CT molecular complexity index is 422. The molecule has 98 valence electrons. The van der Waals surface area contributed by atoms with E-state index in [9.17, 15) is 15.0 Å². The smallest absolute Gasteiger partial charge is 0.273 e. The minimum atomic E-state index is -0.376. The van der Waals surface area contributed by atoms with Crippen LogP contribution in [0, 0.1) is 5.92 Å². The summed E-state index contributed by atoms with van der Waals surface area (Å²) in [6.45, 7) is 0.0825. The molecule has 1 heterocycles. The summed E-state index contributed by atoms with van der Waals surface area (Å²) in [6, 6.07) is 2.98. The van der Waals surface area contributed by atoms with Gasteiger partial charge in [-0.2, -0.15) is 0 Å². The van der Waals surface area contributed by atoms with Crippen molar-refractivity contribution in [3.8, 4) is 5.75 Å². The Kier molecular flexibility index (Phi) is 4.15. The summed E-state index contributed by atoms with van der Waals surface area (Å²) in [7, 11) is 0. The van der Waals surface area contributed by atoms with Gasteiger partial charge in [0.1, 0.15) is 5.75 Å². The second kappa shape index (κ2) is 5.82. The number of aliphatic hydroxyl groups is 1. The summed E-state index contributed by atoms with van der Waals surface area (Å²) >= 11 is 0. The number of carbonyl (C=O) groups excluding carboxylic acids is 1. The van der Waals surface area contributed by atoms with E-state index < -0.39 is 0 Å². The molecule has 1 saturated carbocycles. The zero-order valence-corrected chi connectivity index (χ0v) is 10.2. The Labute approximate surface area is 106 Å². The zero-order valence-electron chi connectivity index (χ0n) is 10.2. The number of nitrogens with one attached hydrogen (secondary N) is 1. The molecular weight excluding hydrogens is 232 g/mol. The van der Waals surface area contributed by atoms with E-state index in [0.717, 1.165) is 25.7 Å². The number of hydrogen-bond donors (Lipinski definition) is 3. The first-order chi connectivity index (χ1) is 8.72. The molecule has 5 heteroatoms. The molecule has 0 spiro atoms. The van der Waals surface area contributed by atoms with Crippen molar-refractivity contribution >= 4 is 5.91 Å². The van der Waals surface area contributed by atoms with E-state index in [4.69, 9.17) is 0 Å². The van der Waals surface area contributed by atoms with Gasteiger partial charge in [0.05, 0.1) is 0 Å². The lowest BCUT2D eigenvalue weighted by molar-refractivity contribution is 0.0865. The molecule has 1 amide bonds. The maximum Gasteiger partial charge on any atom is 0.273 e. The first kappa shape index (κ1) is 12.8. The van der Waals surface area contributed by atoms with Gasteiger partial charge in [-0.1, -0.05) is 12.8 Å². The number of aromatic hydroxyl groups is 1. The maximum absolute atomic E-state index is 12.0. The molecule has 0 bridgehead atoms. The number of nitrogens with zero attached hydrogens (tertiary/aromatic N) is 1. The molecule has 2 unspecified atom stereocenters. The van der Waals surface area contributed by atoms with Gasteiger partial charge < -0.3 is 15.5 Å². The van der Waals surface area contributed by atoms with Gasteiger partial charge in [0.15, 0.2) is 5.69 Å². The van der Waals surface area contributed by atoms with E-state index in [2.05, 4.69) is 10.3 Å². The maximum atomic E-state index is 12.0. The Morgan fingerprint density at radius 1 is 1.44 bits per heavy atom. The van der Waals surface area contributed by atoms with Gasteiger partial charge >= 0.3 is 0 Å². The molecule has 1 aromatic rings. The molecule has 18 heavy (non-hydrogen) atoms. The number of aliphatic hydroxyl groups excluding tert-OH is 1. The average Bonchev–Trinajstić information content (AvgIpc) is 2.39. The van der Waals surface area contributed by atoms with Crippen LogP contribution in [-0.4, -0.2) is 33.8 Å². The van der Waals surface area contributed by atoms with Crippen molar-refractivity contribution in [3.05, 3.63) is 24.0 Å². The molecule has 1 aromatic heterocycles. The lowest BCUT2D eigenvalue weighted by Gasteiger charge is -2.30. The van der Waals surface area contributed by atoms with Gasteiger partial charge in [-0.3, -0.25) is 4.79 Å². The molecule has 2 rings (SSSR count). The van der Waals surface area contributed by atoms with E-state index in [1.54, 1.807) is 6.07 Å². The quantitative estimate of drug-likeness (QED) is 0.749. The molecule has 1 aliphatic carbocycles. The summed E-state index contributed by atoms with van der Waals surface area (Å²) < 4.78 is 0. The van der Waals surface area contributed by atoms with Gasteiger partial charge in [-0.25, -0.2) is 4.98 Å². The summed E-state index contributed by atoms with van der Waals surface area (Å²) in [6.07, 6.45) is 5.40. The average molecular weight is 250 g/mol. The van der Waals surface area contributed by atoms with E-state index in [1.807, 2.05) is 0 Å². The molecule has 1 aliphatic rings. The predicted molar refractivity (Wildman–Crippen MR) is 66.2 cm³/mol. The van der Waals surface area contributed by atoms with Crippen molar-refractivity contribution < 1.29 is 15.0 Å². The van der Waals surface area contributed by atoms with Crippen molar-refractivity contribution in [1.29, 1.82) is 0 Å². The minimum absolute atomic E-state index is 0.0299. The van der Waals surface area contributed by atoms with Crippen LogP contribution in [0.1, 0.15) is 36.2 Å². The van der Waals surface area contributed by atoms with Crippen LogP contribution in [0.2, 0.25) is 0 Å². The van der Waals surface area contributed by atoms with Crippen molar-refractivity contribution in [2.24, 2.45) is 5.92 Å². The monoisotopic (exact) mass is 250 g/mol. The molecule has 5 nitrogen and oxygen atoms in total. The van der Waals surface area contributed by atoms with Gasteiger partial charge in [0, 0.05) is 24.8 Å². The van der Waals surface area contributed by atoms with Gasteiger partial charge in [-0.05, 0) is 25.0 Å². The van der Waals surface area contributed by atoms with Crippen molar-refractivity contribution in [1.82, 2.24) is 10.3 Å². The third kappa shape index (κ3) is 2.79. The summed E-state index contributed by atoms with van der Waals surface area (Å²) in [5, 5.41) is 21.7. The molecule has 2 atom stereocenters. The fraction of sp³-hybridized carbons (Fsp3) is 0.538. The highest BCUT2D eigenvalue weighted by Gasteiger charge is 2.27. The van der Waals surface area contributed by atoms with Crippen LogP contribution in [0.15, 0.2) is 18.3 Å². The molecule has 3 N–H and O–H groups in total. The molecule has 0 aromatic carbocycles. The summed E-state index contributed by atoms with van der Waals surface area (Å²) in [5.74, 6) is -0.390. The summed E-state index contributed by atoms with van der Waals surface area (Å²) in [5.41, 5.74) is 0.0414. The van der Waals surface area contributed by atoms with Crippen LogP contribution in [0.25, 0.3) is 0 Å². The zero-order chi connectivity index (χ0) is 13.0. The Balaban J connectivity index is 2.04. The van der Waals surface area contributed by atoms with E-state index >= 15 is 0 Å². The standard InChI is InChI=1S/C13H18N2O3/c16-8-9-4-1-2-5-10(9)15-13(18)12-11(17)6-3-7-14-12/h3,6-7,9-10,16-17H,1-2,4-5,8H2,(H,15,18). The number of amides is 1. The fourth-order valence-electron chi connectivity index (χ4n) is 2.42. The molecule has 0 aliphatic heterocycles. The number of carbonyl (C=O) groups is 1. The first-order valence-electron chi connectivity index (χ1n) is 6.28. The van der Waals surface area contributed by atoms with Gasteiger partial charge in [0.25, 0.3) is 5.91 Å². The SMILES string of the molecule is O=C(NC1CCCCC1CO)c1ncccc1O. The normalized spacial score (nSPS) is 23.6. The van der Waals surface area contributed by atoms with E-state index in [0.29, 0.717) is 0 Å². The third-order valence-corrected chi connectivity index (χ3v) is 3.46. The van der Waals surface area contributed by atoms with Crippen LogP contribution in [0.5, 0.6) is 5.75 Å². The second-order valence-electron chi connectivity index (χ2n) is 4.68. The molecular formula is C13H18N2O3. The fourth-order valence-corrected chi connectivity index (χ4v) is 2.42. The lowest BCUT2D eigenvalue weighted by atomic mass is 9.85. The van der Waals surface area contributed by atoms with Crippen LogP contribution >= 0.6 is 0 Å². The predicted octanol–water partition coefficient (Wildman–Crippen LogP) is 1.07. The highest BCUT2D eigenvalue weighted by molar-refractivity contribution is 5.94. The van der Waals surface area contributed by atoms with E-state index in [-0.39, 0.29) is 35.9 Å². The third-order valence-electron chi connectivity index (χ3n) is 3.46. The van der Waals surface area contributed by atoms with Crippen molar-refractivity contribution in [2.45, 2.75) is 31.7 Å². The minimum Gasteiger partial charge on any atom is -0.505 e. The Morgan fingerprint density at radius 3 is 2.94 bits per heavy atom. The number of pyridine rings is 1.